The molecule has 1 amide bonds. The quantitative estimate of drug-likeness (QED) is 0.875. The number of halogens is 2. The van der Waals surface area contributed by atoms with E-state index in [-0.39, 0.29) is 5.91 Å². The third-order valence-corrected chi connectivity index (χ3v) is 3.16. The largest absolute Gasteiger partial charge is 0.348 e. The molecule has 0 aliphatic rings. The highest BCUT2D eigenvalue weighted by Crippen LogP contribution is 2.21. The number of carbonyl (C=O) groups is 1. The summed E-state index contributed by atoms with van der Waals surface area (Å²) in [4.78, 5) is 15.6. The lowest BCUT2D eigenvalue weighted by Crippen LogP contribution is -2.20. The zero-order valence-corrected chi connectivity index (χ0v) is 12.0. The van der Waals surface area contributed by atoms with Gasteiger partial charge in [-0.25, -0.2) is 0 Å². The Kier molecular flexibility index (Phi) is 5.16. The Morgan fingerprint density at radius 3 is 2.65 bits per heavy atom. The van der Waals surface area contributed by atoms with Crippen LogP contribution in [0.1, 0.15) is 11.1 Å². The lowest BCUT2D eigenvalue weighted by Gasteiger charge is -2.02. The molecule has 0 fully saturated rings. The molecule has 3 nitrogen and oxygen atoms in total. The molecule has 2 aromatic rings. The van der Waals surface area contributed by atoms with Crippen molar-refractivity contribution in [1.82, 2.24) is 10.3 Å². The summed E-state index contributed by atoms with van der Waals surface area (Å²) >= 11 is 11.8. The van der Waals surface area contributed by atoms with E-state index in [0.29, 0.717) is 16.6 Å². The van der Waals surface area contributed by atoms with Crippen LogP contribution in [0, 0.1) is 0 Å². The van der Waals surface area contributed by atoms with Crippen molar-refractivity contribution in [3.63, 3.8) is 0 Å². The first kappa shape index (κ1) is 14.6. The van der Waals surface area contributed by atoms with Crippen LogP contribution in [0.15, 0.2) is 48.8 Å². The second-order valence-corrected chi connectivity index (χ2v) is 4.92. The topological polar surface area (TPSA) is 42.0 Å². The van der Waals surface area contributed by atoms with E-state index in [4.69, 9.17) is 23.2 Å². The Morgan fingerprint density at radius 1 is 1.20 bits per heavy atom. The number of aromatic nitrogens is 1. The minimum atomic E-state index is -0.187. The van der Waals surface area contributed by atoms with E-state index in [1.54, 1.807) is 36.7 Å². The second kappa shape index (κ2) is 7.08. The maximum absolute atomic E-state index is 11.7. The number of benzene rings is 1. The number of carbonyl (C=O) groups excluding carboxylic acids is 1. The van der Waals surface area contributed by atoms with Crippen LogP contribution in [0.25, 0.3) is 6.08 Å². The average molecular weight is 307 g/mol. The molecular formula is C15H12Cl2N2O. The number of rotatable bonds is 4. The number of hydrogen-bond donors (Lipinski definition) is 1. The van der Waals surface area contributed by atoms with Crippen LogP contribution in [0.3, 0.4) is 0 Å². The predicted octanol–water partition coefficient (Wildman–Crippen LogP) is 3.72. The zero-order valence-electron chi connectivity index (χ0n) is 10.5. The van der Waals surface area contributed by atoms with E-state index in [1.807, 2.05) is 12.1 Å². The lowest BCUT2D eigenvalue weighted by atomic mass is 10.2. The van der Waals surface area contributed by atoms with Gasteiger partial charge in [-0.1, -0.05) is 29.3 Å². The molecular weight excluding hydrogens is 295 g/mol. The predicted molar refractivity (Wildman–Crippen MR) is 81.6 cm³/mol. The van der Waals surface area contributed by atoms with E-state index < -0.39 is 0 Å². The molecule has 1 N–H and O–H groups in total. The number of pyridine rings is 1. The summed E-state index contributed by atoms with van der Waals surface area (Å²) < 4.78 is 0. The van der Waals surface area contributed by atoms with E-state index >= 15 is 0 Å². The fraction of sp³-hybridized carbons (Fsp3) is 0.0667. The molecule has 0 aliphatic heterocycles. The molecule has 5 heteroatoms. The maximum atomic E-state index is 11.7. The minimum absolute atomic E-state index is 0.187. The summed E-state index contributed by atoms with van der Waals surface area (Å²) in [5.41, 5.74) is 1.74. The van der Waals surface area contributed by atoms with Crippen molar-refractivity contribution in [3.05, 3.63) is 70.0 Å². The van der Waals surface area contributed by atoms with Gasteiger partial charge < -0.3 is 5.32 Å². The highest BCUT2D eigenvalue weighted by Gasteiger charge is 2.00. The van der Waals surface area contributed by atoms with Crippen LogP contribution in [0.4, 0.5) is 0 Å². The second-order valence-electron chi connectivity index (χ2n) is 4.07. The third kappa shape index (κ3) is 4.37. The Bertz CT molecular complexity index is 627. The van der Waals surface area contributed by atoms with E-state index in [0.717, 1.165) is 11.1 Å². The molecule has 20 heavy (non-hydrogen) atoms. The van der Waals surface area contributed by atoms with Gasteiger partial charge in [0.15, 0.2) is 0 Å². The maximum Gasteiger partial charge on any atom is 0.244 e. The van der Waals surface area contributed by atoms with Gasteiger partial charge in [0.05, 0.1) is 0 Å². The van der Waals surface area contributed by atoms with Crippen molar-refractivity contribution in [2.24, 2.45) is 0 Å². The molecule has 1 aromatic heterocycles. The van der Waals surface area contributed by atoms with E-state index in [1.165, 1.54) is 6.08 Å². The Balaban J connectivity index is 1.92. The van der Waals surface area contributed by atoms with Crippen molar-refractivity contribution in [3.8, 4) is 0 Å². The van der Waals surface area contributed by atoms with Crippen LogP contribution < -0.4 is 5.32 Å². The van der Waals surface area contributed by atoms with Gasteiger partial charge in [-0.05, 0) is 41.5 Å². The summed E-state index contributed by atoms with van der Waals surface area (Å²) in [5, 5.41) is 3.85. The Labute approximate surface area is 127 Å². The van der Waals surface area contributed by atoms with E-state index in [9.17, 15) is 4.79 Å². The number of hydrogen-bond acceptors (Lipinski definition) is 2. The molecule has 102 valence electrons. The van der Waals surface area contributed by atoms with Gasteiger partial charge >= 0.3 is 0 Å². The SMILES string of the molecule is O=C(C=Cc1ccc(Cl)cc1Cl)NCc1ccncc1. The van der Waals surface area contributed by atoms with Crippen LogP contribution in [0.2, 0.25) is 10.0 Å². The van der Waals surface area contributed by atoms with Crippen molar-refractivity contribution >= 4 is 35.2 Å². The van der Waals surface area contributed by atoms with Gasteiger partial charge in [-0.15, -0.1) is 0 Å². The molecule has 0 spiro atoms. The minimum Gasteiger partial charge on any atom is -0.348 e. The van der Waals surface area contributed by atoms with Crippen LogP contribution in [0.5, 0.6) is 0 Å². The number of nitrogens with zero attached hydrogens (tertiary/aromatic N) is 1. The third-order valence-electron chi connectivity index (χ3n) is 2.59. The molecule has 1 aromatic carbocycles. The highest BCUT2D eigenvalue weighted by molar-refractivity contribution is 6.35. The smallest absolute Gasteiger partial charge is 0.244 e. The first-order valence-corrected chi connectivity index (χ1v) is 6.70. The first-order valence-electron chi connectivity index (χ1n) is 5.95. The highest BCUT2D eigenvalue weighted by atomic mass is 35.5. The van der Waals surface area contributed by atoms with Crippen LogP contribution in [-0.4, -0.2) is 10.9 Å². The molecule has 0 unspecified atom stereocenters. The molecule has 0 aliphatic carbocycles. The Morgan fingerprint density at radius 2 is 1.95 bits per heavy atom. The van der Waals surface area contributed by atoms with Gasteiger partial charge in [0, 0.05) is 35.1 Å². The van der Waals surface area contributed by atoms with E-state index in [2.05, 4.69) is 10.3 Å². The summed E-state index contributed by atoms with van der Waals surface area (Å²) in [7, 11) is 0. The Hall–Kier alpha value is -1.84. The van der Waals surface area contributed by atoms with Gasteiger partial charge in [0.25, 0.3) is 0 Å². The summed E-state index contributed by atoms with van der Waals surface area (Å²) in [6, 6.07) is 8.82. The van der Waals surface area contributed by atoms with Gasteiger partial charge in [0.2, 0.25) is 5.91 Å². The molecule has 0 radical (unpaired) electrons. The van der Waals surface area contributed by atoms with Crippen LogP contribution in [-0.2, 0) is 11.3 Å². The molecule has 0 saturated heterocycles. The molecule has 0 saturated carbocycles. The first-order chi connectivity index (χ1) is 9.65. The van der Waals surface area contributed by atoms with Crippen LogP contribution >= 0.6 is 23.2 Å². The fourth-order valence-electron chi connectivity index (χ4n) is 1.55. The summed E-state index contributed by atoms with van der Waals surface area (Å²) in [5.74, 6) is -0.187. The normalized spacial score (nSPS) is 10.7. The monoisotopic (exact) mass is 306 g/mol. The summed E-state index contributed by atoms with van der Waals surface area (Å²) in [6.45, 7) is 0.458. The number of amides is 1. The van der Waals surface area contributed by atoms with Gasteiger partial charge in [0.1, 0.15) is 0 Å². The molecule has 2 rings (SSSR count). The molecule has 0 bridgehead atoms. The summed E-state index contributed by atoms with van der Waals surface area (Å²) in [6.07, 6.45) is 6.46. The molecule has 0 atom stereocenters. The lowest BCUT2D eigenvalue weighted by molar-refractivity contribution is -0.116. The standard InChI is InChI=1S/C15H12Cl2N2O/c16-13-3-1-12(14(17)9-13)2-4-15(20)19-10-11-5-7-18-8-6-11/h1-9H,10H2,(H,19,20). The zero-order chi connectivity index (χ0) is 14.4. The van der Waals surface area contributed by atoms with Crippen molar-refractivity contribution in [1.29, 1.82) is 0 Å². The molecule has 1 heterocycles. The fourth-order valence-corrected chi connectivity index (χ4v) is 2.02. The van der Waals surface area contributed by atoms with Crippen molar-refractivity contribution in [2.45, 2.75) is 6.54 Å². The van der Waals surface area contributed by atoms with Crippen molar-refractivity contribution in [2.75, 3.05) is 0 Å². The number of nitrogens with one attached hydrogen (secondary N) is 1. The van der Waals surface area contributed by atoms with Crippen molar-refractivity contribution < 1.29 is 4.79 Å². The van der Waals surface area contributed by atoms with Gasteiger partial charge in [-0.2, -0.15) is 0 Å². The van der Waals surface area contributed by atoms with Gasteiger partial charge in [-0.3, -0.25) is 9.78 Å². The average Bonchev–Trinajstić information content (AvgIpc) is 2.45.